The van der Waals surface area contributed by atoms with Gasteiger partial charge in [0.1, 0.15) is 24.7 Å². The average Bonchev–Trinajstić information content (AvgIpc) is 2.67. The van der Waals surface area contributed by atoms with Gasteiger partial charge in [-0.1, -0.05) is 69.4 Å². The molecule has 0 radical (unpaired) electrons. The predicted octanol–water partition coefficient (Wildman–Crippen LogP) is 2.48. The van der Waals surface area contributed by atoms with E-state index in [0.717, 1.165) is 0 Å². The van der Waals surface area contributed by atoms with Crippen LogP contribution in [0, 0.1) is 11.3 Å². The van der Waals surface area contributed by atoms with Gasteiger partial charge in [-0.2, -0.15) is 0 Å². The number of rotatable bonds is 8. The van der Waals surface area contributed by atoms with Gasteiger partial charge in [-0.3, -0.25) is 24.2 Å². The lowest BCUT2D eigenvalue weighted by molar-refractivity contribution is -0.152. The number of hydrogen-bond donors (Lipinski definition) is 3. The molecule has 190 valence electrons. The van der Waals surface area contributed by atoms with Gasteiger partial charge in [0.25, 0.3) is 5.91 Å². The average molecular weight is 530 g/mol. The van der Waals surface area contributed by atoms with E-state index in [-0.39, 0.29) is 23.7 Å². The minimum Gasteiger partial charge on any atom is -0.460 e. The summed E-state index contributed by atoms with van der Waals surface area (Å²) in [5.74, 6) is -1.93. The van der Waals surface area contributed by atoms with E-state index >= 15 is 0 Å². The quantitative estimate of drug-likeness (QED) is 0.328. The normalized spacial score (nSPS) is 19.0. The van der Waals surface area contributed by atoms with E-state index in [2.05, 4.69) is 16.1 Å². The number of alkyl halides is 3. The van der Waals surface area contributed by atoms with Crippen molar-refractivity contribution in [3.63, 3.8) is 0 Å². The van der Waals surface area contributed by atoms with E-state index in [1.54, 1.807) is 6.92 Å². The first-order chi connectivity index (χ1) is 15.0. The zero-order valence-electron chi connectivity index (χ0n) is 20.0. The highest BCUT2D eigenvalue weighted by atomic mass is 35.6. The molecule has 3 N–H and O–H groups in total. The van der Waals surface area contributed by atoms with Gasteiger partial charge in [-0.05, 0) is 31.1 Å². The molecular formula is C21H35Cl3N4O5. The third-order valence-electron chi connectivity index (χ3n) is 4.80. The van der Waals surface area contributed by atoms with Gasteiger partial charge in [0.2, 0.25) is 15.6 Å². The van der Waals surface area contributed by atoms with Crippen molar-refractivity contribution < 1.29 is 23.9 Å². The molecule has 0 aromatic heterocycles. The Bertz CT molecular complexity index is 722. The Morgan fingerprint density at radius 1 is 1.09 bits per heavy atom. The Morgan fingerprint density at radius 3 is 2.21 bits per heavy atom. The molecule has 3 atom stereocenters. The number of amides is 3. The Hall–Kier alpha value is -1.29. The number of carbonyl (C=O) groups excluding carboxylic acids is 4. The number of halogens is 3. The smallest absolute Gasteiger partial charge is 0.325 e. The number of esters is 1. The molecule has 33 heavy (non-hydrogen) atoms. The van der Waals surface area contributed by atoms with Crippen LogP contribution in [0.4, 0.5) is 0 Å². The maximum atomic E-state index is 12.9. The van der Waals surface area contributed by atoms with Crippen molar-refractivity contribution in [3.8, 4) is 0 Å². The summed E-state index contributed by atoms with van der Waals surface area (Å²) in [6.45, 7) is 10.9. The summed E-state index contributed by atoms with van der Waals surface area (Å²) in [6, 6.07) is -2.45. The zero-order valence-corrected chi connectivity index (χ0v) is 22.2. The van der Waals surface area contributed by atoms with Gasteiger partial charge < -0.3 is 15.4 Å². The summed E-state index contributed by atoms with van der Waals surface area (Å²) in [6.07, 6.45) is 1.26. The summed E-state index contributed by atoms with van der Waals surface area (Å²) < 4.78 is 3.25. The molecule has 1 aliphatic heterocycles. The van der Waals surface area contributed by atoms with Crippen molar-refractivity contribution in [3.05, 3.63) is 0 Å². The largest absolute Gasteiger partial charge is 0.460 e. The molecule has 0 unspecified atom stereocenters. The minimum absolute atomic E-state index is 0.179. The lowest BCUT2D eigenvalue weighted by Crippen LogP contribution is -2.61. The fourth-order valence-electron chi connectivity index (χ4n) is 3.21. The van der Waals surface area contributed by atoms with Crippen LogP contribution in [0.5, 0.6) is 0 Å². The van der Waals surface area contributed by atoms with Gasteiger partial charge in [-0.25, -0.2) is 5.43 Å². The predicted molar refractivity (Wildman–Crippen MR) is 128 cm³/mol. The monoisotopic (exact) mass is 528 g/mol. The fraction of sp³-hybridized carbons (Fsp3) is 0.810. The maximum absolute atomic E-state index is 12.9. The van der Waals surface area contributed by atoms with Crippen LogP contribution in [0.3, 0.4) is 0 Å². The molecule has 0 saturated carbocycles. The lowest BCUT2D eigenvalue weighted by Gasteiger charge is -2.34. The molecule has 1 heterocycles. The van der Waals surface area contributed by atoms with Crippen LogP contribution in [0.1, 0.15) is 60.8 Å². The van der Waals surface area contributed by atoms with E-state index < -0.39 is 46.3 Å². The molecule has 9 nitrogen and oxygen atoms in total. The highest BCUT2D eigenvalue weighted by molar-refractivity contribution is 6.67. The molecule has 3 amide bonds. The van der Waals surface area contributed by atoms with Crippen molar-refractivity contribution in [2.24, 2.45) is 11.3 Å². The standard InChI is InChI=1S/C21H35Cl3N4O5/c1-12(2)16(26-15(29)10-20(4,5)6)17(30)25-13(3)18(31)28-9-7-8-14(27-28)19(32)33-11-21(22,23)24/h12-14,16,27H,7-11H2,1-6H3,(H,25,30)(H,26,29)/t13-,14-,16-/m0/s1. The van der Waals surface area contributed by atoms with Crippen molar-refractivity contribution in [2.75, 3.05) is 13.2 Å². The summed E-state index contributed by atoms with van der Waals surface area (Å²) in [7, 11) is 0. The third-order valence-corrected chi connectivity index (χ3v) is 5.13. The van der Waals surface area contributed by atoms with Gasteiger partial charge in [0.15, 0.2) is 0 Å². The first-order valence-electron chi connectivity index (χ1n) is 10.9. The van der Waals surface area contributed by atoms with Crippen LogP contribution >= 0.6 is 34.8 Å². The van der Waals surface area contributed by atoms with Crippen LogP contribution in [-0.2, 0) is 23.9 Å². The minimum atomic E-state index is -1.73. The van der Waals surface area contributed by atoms with Crippen molar-refractivity contribution in [1.29, 1.82) is 0 Å². The van der Waals surface area contributed by atoms with Crippen molar-refractivity contribution in [1.82, 2.24) is 21.1 Å². The maximum Gasteiger partial charge on any atom is 0.325 e. The first kappa shape index (κ1) is 29.7. The number of nitrogens with zero attached hydrogens (tertiary/aromatic N) is 1. The second-order valence-electron chi connectivity index (χ2n) is 9.79. The van der Waals surface area contributed by atoms with E-state index in [1.807, 2.05) is 34.6 Å². The van der Waals surface area contributed by atoms with Crippen molar-refractivity contribution >= 4 is 58.5 Å². The van der Waals surface area contributed by atoms with Crippen LogP contribution in [-0.4, -0.2) is 63.8 Å². The highest BCUT2D eigenvalue weighted by Gasteiger charge is 2.34. The Balaban J connectivity index is 2.70. The number of hydrazine groups is 1. The SMILES string of the molecule is CC(C)[C@H](NC(=O)CC(C)(C)C)C(=O)N[C@@H](C)C(=O)N1CCC[C@@H](C(=O)OCC(Cl)(Cl)Cl)N1. The van der Waals surface area contributed by atoms with E-state index in [1.165, 1.54) is 5.01 Å². The molecule has 1 aliphatic rings. The molecule has 0 aromatic rings. The number of carbonyl (C=O) groups is 4. The topological polar surface area (TPSA) is 117 Å². The fourth-order valence-corrected chi connectivity index (χ4v) is 3.37. The van der Waals surface area contributed by atoms with E-state index in [4.69, 9.17) is 39.5 Å². The molecule has 1 rings (SSSR count). The molecule has 0 aromatic carbocycles. The summed E-state index contributed by atoms with van der Waals surface area (Å²) in [5.41, 5.74) is 2.59. The lowest BCUT2D eigenvalue weighted by atomic mass is 9.91. The number of nitrogens with one attached hydrogen (secondary N) is 3. The Kier molecular flexibility index (Phi) is 11.2. The van der Waals surface area contributed by atoms with Crippen LogP contribution in [0.15, 0.2) is 0 Å². The van der Waals surface area contributed by atoms with Gasteiger partial charge in [0, 0.05) is 13.0 Å². The van der Waals surface area contributed by atoms with E-state index in [0.29, 0.717) is 19.4 Å². The second kappa shape index (κ2) is 12.4. The number of ether oxygens (including phenoxy) is 1. The van der Waals surface area contributed by atoms with Crippen molar-refractivity contribution in [2.45, 2.75) is 82.7 Å². The first-order valence-corrected chi connectivity index (χ1v) is 12.0. The molecule has 0 aliphatic carbocycles. The molecular weight excluding hydrogens is 495 g/mol. The molecule has 0 bridgehead atoms. The molecule has 12 heteroatoms. The zero-order chi connectivity index (χ0) is 25.6. The van der Waals surface area contributed by atoms with Gasteiger partial charge in [0.05, 0.1) is 0 Å². The van der Waals surface area contributed by atoms with Crippen LogP contribution < -0.4 is 16.1 Å². The summed E-state index contributed by atoms with van der Waals surface area (Å²) >= 11 is 16.8. The van der Waals surface area contributed by atoms with Crippen LogP contribution in [0.25, 0.3) is 0 Å². The molecule has 0 spiro atoms. The molecule has 1 fully saturated rings. The second-order valence-corrected chi connectivity index (χ2v) is 12.3. The van der Waals surface area contributed by atoms with Gasteiger partial charge in [-0.15, -0.1) is 0 Å². The Labute approximate surface area is 210 Å². The van der Waals surface area contributed by atoms with Gasteiger partial charge >= 0.3 is 5.97 Å². The van der Waals surface area contributed by atoms with Crippen LogP contribution in [0.2, 0.25) is 0 Å². The summed E-state index contributed by atoms with van der Waals surface area (Å²) in [5, 5.41) is 6.70. The highest BCUT2D eigenvalue weighted by Crippen LogP contribution is 2.26. The Morgan fingerprint density at radius 2 is 1.70 bits per heavy atom. The summed E-state index contributed by atoms with van der Waals surface area (Å²) in [4.78, 5) is 50.2. The number of hydrogen-bond acceptors (Lipinski definition) is 6. The third kappa shape index (κ3) is 11.1. The van der Waals surface area contributed by atoms with E-state index in [9.17, 15) is 19.2 Å². The molecule has 1 saturated heterocycles.